The molecule has 2 heterocycles. The van der Waals surface area contributed by atoms with Crippen LogP contribution in [0.5, 0.6) is 0 Å². The zero-order valence-electron chi connectivity index (χ0n) is 8.99. The highest BCUT2D eigenvalue weighted by Crippen LogP contribution is 2.17. The van der Waals surface area contributed by atoms with Gasteiger partial charge in [-0.25, -0.2) is 0 Å². The fraction of sp³-hybridized carbons (Fsp3) is 0.727. The molecule has 1 N–H and O–H groups in total. The van der Waals surface area contributed by atoms with Gasteiger partial charge >= 0.3 is 0 Å². The fourth-order valence-electron chi connectivity index (χ4n) is 1.97. The molecular weight excluding hydrogens is 194 g/mol. The third kappa shape index (κ3) is 2.38. The maximum absolute atomic E-state index is 12.1. The lowest BCUT2D eigenvalue weighted by molar-refractivity contribution is -0.123. The first-order valence-electron chi connectivity index (χ1n) is 5.49. The van der Waals surface area contributed by atoms with Crippen molar-refractivity contribution in [1.82, 2.24) is 5.32 Å². The van der Waals surface area contributed by atoms with Crippen LogP contribution in [0.2, 0.25) is 0 Å². The summed E-state index contributed by atoms with van der Waals surface area (Å²) in [6, 6.07) is -0.202. The lowest BCUT2D eigenvalue weighted by Crippen LogP contribution is -2.52. The van der Waals surface area contributed by atoms with Gasteiger partial charge in [0.05, 0.1) is 31.6 Å². The summed E-state index contributed by atoms with van der Waals surface area (Å²) in [6.07, 6.45) is 3.31. The average Bonchev–Trinajstić information content (AvgIpc) is 2.30. The van der Waals surface area contributed by atoms with Crippen molar-refractivity contribution in [1.29, 1.82) is 0 Å². The van der Waals surface area contributed by atoms with Crippen LogP contribution in [0.1, 0.15) is 19.8 Å². The molecule has 4 nitrogen and oxygen atoms in total. The van der Waals surface area contributed by atoms with Crippen molar-refractivity contribution in [3.05, 3.63) is 11.8 Å². The third-order valence-electron chi connectivity index (χ3n) is 2.85. The Morgan fingerprint density at radius 2 is 2.40 bits per heavy atom. The molecule has 0 amide bonds. The van der Waals surface area contributed by atoms with Crippen molar-refractivity contribution in [3.63, 3.8) is 0 Å². The molecule has 2 atom stereocenters. The molecule has 0 radical (unpaired) electrons. The molecule has 0 aromatic heterocycles. The fourth-order valence-corrected chi connectivity index (χ4v) is 1.97. The molecule has 2 aliphatic rings. The zero-order valence-corrected chi connectivity index (χ0v) is 8.99. The molecule has 2 rings (SSSR count). The minimum absolute atomic E-state index is 0.0472. The predicted molar refractivity (Wildman–Crippen MR) is 55.5 cm³/mol. The van der Waals surface area contributed by atoms with Crippen molar-refractivity contribution < 1.29 is 14.3 Å². The normalized spacial score (nSPS) is 31.7. The van der Waals surface area contributed by atoms with Crippen molar-refractivity contribution in [2.24, 2.45) is 0 Å². The molecule has 4 heteroatoms. The molecule has 0 aliphatic carbocycles. The van der Waals surface area contributed by atoms with Gasteiger partial charge < -0.3 is 14.8 Å². The Bertz CT molecular complexity index is 275. The Morgan fingerprint density at radius 1 is 1.53 bits per heavy atom. The maximum atomic E-state index is 12.1. The maximum Gasteiger partial charge on any atom is 0.181 e. The predicted octanol–water partition coefficient (Wildman–Crippen LogP) is 0.627. The second-order valence-corrected chi connectivity index (χ2v) is 3.99. The number of hydrogen-bond donors (Lipinski definition) is 1. The standard InChI is InChI=1S/C11H17NO3/c1-8-10(12-4-6-15-8)11(13)9-3-2-5-14-7-9/h7-8,10,12H,2-6H2,1H3. The number of nitrogens with one attached hydrogen (secondary N) is 1. The second-order valence-electron chi connectivity index (χ2n) is 3.99. The summed E-state index contributed by atoms with van der Waals surface area (Å²) >= 11 is 0. The number of Topliss-reactive ketones (excluding diaryl/α,β-unsaturated/α-hetero) is 1. The van der Waals surface area contributed by atoms with Gasteiger partial charge in [-0.3, -0.25) is 4.79 Å². The minimum atomic E-state index is -0.202. The van der Waals surface area contributed by atoms with Crippen LogP contribution < -0.4 is 5.32 Å². The Hall–Kier alpha value is -0.870. The van der Waals surface area contributed by atoms with E-state index in [0.717, 1.165) is 31.6 Å². The Labute approximate surface area is 89.6 Å². The van der Waals surface area contributed by atoms with Crippen LogP contribution in [-0.2, 0) is 14.3 Å². The Balaban J connectivity index is 2.02. The summed E-state index contributed by atoms with van der Waals surface area (Å²) in [6.45, 7) is 4.08. The molecule has 0 aromatic carbocycles. The van der Waals surface area contributed by atoms with E-state index in [1.165, 1.54) is 0 Å². The van der Waals surface area contributed by atoms with Crippen LogP contribution >= 0.6 is 0 Å². The molecular formula is C11H17NO3. The molecule has 1 fully saturated rings. The van der Waals surface area contributed by atoms with Gasteiger partial charge in [-0.1, -0.05) is 0 Å². The highest BCUT2D eigenvalue weighted by Gasteiger charge is 2.30. The van der Waals surface area contributed by atoms with Crippen molar-refractivity contribution in [2.75, 3.05) is 19.8 Å². The Kier molecular flexibility index (Phi) is 3.38. The van der Waals surface area contributed by atoms with E-state index in [4.69, 9.17) is 9.47 Å². The van der Waals surface area contributed by atoms with Crippen molar-refractivity contribution in [2.45, 2.75) is 31.9 Å². The molecule has 84 valence electrons. The quantitative estimate of drug-likeness (QED) is 0.727. The van der Waals surface area contributed by atoms with E-state index in [1.807, 2.05) is 6.92 Å². The van der Waals surface area contributed by atoms with E-state index >= 15 is 0 Å². The van der Waals surface area contributed by atoms with E-state index in [9.17, 15) is 4.79 Å². The average molecular weight is 211 g/mol. The topological polar surface area (TPSA) is 47.6 Å². The first kappa shape index (κ1) is 10.6. The first-order valence-corrected chi connectivity index (χ1v) is 5.49. The van der Waals surface area contributed by atoms with Crippen LogP contribution in [0.15, 0.2) is 11.8 Å². The number of carbonyl (C=O) groups is 1. The zero-order chi connectivity index (χ0) is 10.7. The number of carbonyl (C=O) groups excluding carboxylic acids is 1. The summed E-state index contributed by atoms with van der Waals surface area (Å²) in [5.41, 5.74) is 0.788. The summed E-state index contributed by atoms with van der Waals surface area (Å²) in [5, 5.41) is 3.19. The van der Waals surface area contributed by atoms with Crippen LogP contribution in [0, 0.1) is 0 Å². The van der Waals surface area contributed by atoms with E-state index in [0.29, 0.717) is 6.61 Å². The summed E-state index contributed by atoms with van der Waals surface area (Å²) in [4.78, 5) is 12.1. The molecule has 2 unspecified atom stereocenters. The summed E-state index contributed by atoms with van der Waals surface area (Å²) in [5.74, 6) is 0.127. The van der Waals surface area contributed by atoms with Gasteiger partial charge in [-0.2, -0.15) is 0 Å². The van der Waals surface area contributed by atoms with E-state index in [-0.39, 0.29) is 17.9 Å². The van der Waals surface area contributed by atoms with Crippen LogP contribution in [0.4, 0.5) is 0 Å². The SMILES string of the molecule is CC1OCCNC1C(=O)C1=COCCC1. The molecule has 0 spiro atoms. The molecule has 0 aromatic rings. The van der Waals surface area contributed by atoms with Gasteiger partial charge in [-0.15, -0.1) is 0 Å². The van der Waals surface area contributed by atoms with Gasteiger partial charge in [0.2, 0.25) is 0 Å². The van der Waals surface area contributed by atoms with Crippen LogP contribution in [0.25, 0.3) is 0 Å². The van der Waals surface area contributed by atoms with Gasteiger partial charge in [0, 0.05) is 12.1 Å². The number of ether oxygens (including phenoxy) is 2. The van der Waals surface area contributed by atoms with Crippen LogP contribution in [0.3, 0.4) is 0 Å². The molecule has 2 aliphatic heterocycles. The Morgan fingerprint density at radius 3 is 3.07 bits per heavy atom. The van der Waals surface area contributed by atoms with Crippen LogP contribution in [-0.4, -0.2) is 37.7 Å². The van der Waals surface area contributed by atoms with Gasteiger partial charge in [0.1, 0.15) is 0 Å². The number of ketones is 1. The molecule has 0 bridgehead atoms. The van der Waals surface area contributed by atoms with Crippen molar-refractivity contribution in [3.8, 4) is 0 Å². The monoisotopic (exact) mass is 211 g/mol. The largest absolute Gasteiger partial charge is 0.501 e. The highest BCUT2D eigenvalue weighted by molar-refractivity contribution is 5.99. The summed E-state index contributed by atoms with van der Waals surface area (Å²) in [7, 11) is 0. The third-order valence-corrected chi connectivity index (χ3v) is 2.85. The number of rotatable bonds is 2. The summed E-state index contributed by atoms with van der Waals surface area (Å²) < 4.78 is 10.6. The first-order chi connectivity index (χ1) is 7.29. The van der Waals surface area contributed by atoms with E-state index in [1.54, 1.807) is 6.26 Å². The number of hydrogen-bond acceptors (Lipinski definition) is 4. The smallest absolute Gasteiger partial charge is 0.181 e. The second kappa shape index (κ2) is 4.77. The van der Waals surface area contributed by atoms with Crippen molar-refractivity contribution >= 4 is 5.78 Å². The lowest BCUT2D eigenvalue weighted by atomic mass is 9.96. The van der Waals surface area contributed by atoms with Gasteiger partial charge in [0.15, 0.2) is 5.78 Å². The van der Waals surface area contributed by atoms with E-state index in [2.05, 4.69) is 5.32 Å². The molecule has 0 saturated carbocycles. The van der Waals surface area contributed by atoms with E-state index < -0.39 is 0 Å². The van der Waals surface area contributed by atoms with Gasteiger partial charge in [0.25, 0.3) is 0 Å². The molecule has 15 heavy (non-hydrogen) atoms. The highest BCUT2D eigenvalue weighted by atomic mass is 16.5. The lowest BCUT2D eigenvalue weighted by Gasteiger charge is -2.30. The van der Waals surface area contributed by atoms with Gasteiger partial charge in [-0.05, 0) is 19.8 Å². The number of morpholine rings is 1. The molecule has 1 saturated heterocycles. The minimum Gasteiger partial charge on any atom is -0.501 e.